The molecule has 0 spiro atoms. The Labute approximate surface area is 99.2 Å². The molecule has 4 nitrogen and oxygen atoms in total. The normalized spacial score (nSPS) is 11.9. The predicted molar refractivity (Wildman–Crippen MR) is 61.0 cm³/mol. The molecule has 0 saturated carbocycles. The molecule has 1 heterocycles. The summed E-state index contributed by atoms with van der Waals surface area (Å²) in [5.41, 5.74) is 0.404. The summed E-state index contributed by atoms with van der Waals surface area (Å²) in [6.07, 6.45) is 1.45. The fourth-order valence-corrected chi connectivity index (χ4v) is 1.29. The first kappa shape index (κ1) is 12.5. The van der Waals surface area contributed by atoms with Gasteiger partial charge in [-0.1, -0.05) is 25.4 Å². The number of aromatic nitrogens is 1. The zero-order valence-corrected chi connectivity index (χ0v) is 9.82. The molecule has 0 aromatic carbocycles. The number of hydrogen-bond acceptors (Lipinski definition) is 3. The minimum atomic E-state index is -0.501. The molecule has 0 aliphatic rings. The van der Waals surface area contributed by atoms with Crippen molar-refractivity contribution in [2.45, 2.75) is 19.9 Å². The summed E-state index contributed by atoms with van der Waals surface area (Å²) in [5.74, 6) is -0.254. The first-order valence-corrected chi connectivity index (χ1v) is 5.24. The molecule has 84 valence electrons. The number of rotatable bonds is 3. The zero-order valence-electron chi connectivity index (χ0n) is 9.07. The van der Waals surface area contributed by atoms with Crippen LogP contribution in [0.5, 0.6) is 0 Å². The van der Waals surface area contributed by atoms with Gasteiger partial charge in [0, 0.05) is 11.8 Å². The molecule has 0 saturated heterocycles. The van der Waals surface area contributed by atoms with Crippen LogP contribution < -0.4 is 5.32 Å². The summed E-state index contributed by atoms with van der Waals surface area (Å²) in [6, 6.07) is 4.55. The van der Waals surface area contributed by atoms with Crippen LogP contribution in [0.3, 0.4) is 0 Å². The first-order chi connectivity index (χ1) is 7.54. The number of amides is 1. The maximum absolute atomic E-state index is 11.7. The molecule has 1 aromatic rings. The molecular formula is C11H12ClN3O. The molecule has 16 heavy (non-hydrogen) atoms. The van der Waals surface area contributed by atoms with Gasteiger partial charge >= 0.3 is 0 Å². The van der Waals surface area contributed by atoms with Gasteiger partial charge in [-0.05, 0) is 18.1 Å². The predicted octanol–water partition coefficient (Wildman–Crippen LogP) is 2.01. The summed E-state index contributed by atoms with van der Waals surface area (Å²) < 4.78 is 0. The van der Waals surface area contributed by atoms with E-state index >= 15 is 0 Å². The molecule has 1 N–H and O–H groups in total. The van der Waals surface area contributed by atoms with Crippen molar-refractivity contribution in [2.24, 2.45) is 5.92 Å². The van der Waals surface area contributed by atoms with Gasteiger partial charge < -0.3 is 5.32 Å². The second-order valence-electron chi connectivity index (χ2n) is 3.69. The summed E-state index contributed by atoms with van der Waals surface area (Å²) >= 11 is 5.67. The van der Waals surface area contributed by atoms with Crippen molar-refractivity contribution in [1.82, 2.24) is 10.3 Å². The van der Waals surface area contributed by atoms with Crippen molar-refractivity contribution in [1.29, 1.82) is 5.26 Å². The van der Waals surface area contributed by atoms with Gasteiger partial charge in [-0.2, -0.15) is 5.26 Å². The number of hydrogen-bond donors (Lipinski definition) is 1. The van der Waals surface area contributed by atoms with Crippen LogP contribution in [0.2, 0.25) is 5.15 Å². The molecule has 5 heteroatoms. The van der Waals surface area contributed by atoms with E-state index in [2.05, 4.69) is 10.3 Å². The van der Waals surface area contributed by atoms with Crippen LogP contribution in [0.15, 0.2) is 18.3 Å². The fourth-order valence-electron chi connectivity index (χ4n) is 1.12. The Balaban J connectivity index is 2.77. The largest absolute Gasteiger partial charge is 0.336 e. The lowest BCUT2D eigenvalue weighted by molar-refractivity contribution is 0.0937. The molecule has 0 aliphatic heterocycles. The topological polar surface area (TPSA) is 65.8 Å². The molecular weight excluding hydrogens is 226 g/mol. The van der Waals surface area contributed by atoms with Gasteiger partial charge in [0.2, 0.25) is 0 Å². The lowest BCUT2D eigenvalue weighted by Crippen LogP contribution is -2.37. The Morgan fingerprint density at radius 2 is 2.31 bits per heavy atom. The van der Waals surface area contributed by atoms with Crippen molar-refractivity contribution in [3.8, 4) is 6.07 Å². The highest BCUT2D eigenvalue weighted by atomic mass is 35.5. The van der Waals surface area contributed by atoms with Crippen molar-refractivity contribution in [3.63, 3.8) is 0 Å². The number of nitrogens with zero attached hydrogens (tertiary/aromatic N) is 2. The van der Waals surface area contributed by atoms with E-state index in [1.54, 1.807) is 6.07 Å². The maximum atomic E-state index is 11.7. The zero-order chi connectivity index (χ0) is 12.1. The van der Waals surface area contributed by atoms with Gasteiger partial charge in [-0.3, -0.25) is 4.79 Å². The van der Waals surface area contributed by atoms with Crippen molar-refractivity contribution in [3.05, 3.63) is 29.0 Å². The molecule has 0 aliphatic carbocycles. The second kappa shape index (κ2) is 5.47. The monoisotopic (exact) mass is 237 g/mol. The molecule has 1 atom stereocenters. The molecule has 0 radical (unpaired) electrons. The third-order valence-corrected chi connectivity index (χ3v) is 2.29. The van der Waals surface area contributed by atoms with Crippen molar-refractivity contribution < 1.29 is 4.79 Å². The number of carbonyl (C=O) groups excluding carboxylic acids is 1. The van der Waals surface area contributed by atoms with Crippen LogP contribution in [0.25, 0.3) is 0 Å². The Kier molecular flexibility index (Phi) is 4.27. The highest BCUT2D eigenvalue weighted by Crippen LogP contribution is 2.08. The summed E-state index contributed by atoms with van der Waals surface area (Å²) in [6.45, 7) is 3.74. The van der Waals surface area contributed by atoms with E-state index in [4.69, 9.17) is 16.9 Å². The van der Waals surface area contributed by atoms with Crippen LogP contribution in [0.4, 0.5) is 0 Å². The van der Waals surface area contributed by atoms with E-state index in [9.17, 15) is 4.79 Å². The quantitative estimate of drug-likeness (QED) is 0.818. The lowest BCUT2D eigenvalue weighted by atomic mass is 10.1. The number of halogens is 1. The van der Waals surface area contributed by atoms with Gasteiger partial charge in [0.05, 0.1) is 6.07 Å². The maximum Gasteiger partial charge on any atom is 0.252 e. The third kappa shape index (κ3) is 3.21. The van der Waals surface area contributed by atoms with E-state index in [-0.39, 0.29) is 17.0 Å². The van der Waals surface area contributed by atoms with E-state index in [1.807, 2.05) is 19.9 Å². The summed E-state index contributed by atoms with van der Waals surface area (Å²) in [4.78, 5) is 15.5. The Bertz CT molecular complexity index is 425. The van der Waals surface area contributed by atoms with Gasteiger partial charge in [-0.25, -0.2) is 4.98 Å². The van der Waals surface area contributed by atoms with Crippen LogP contribution in [0, 0.1) is 17.2 Å². The average Bonchev–Trinajstić information content (AvgIpc) is 2.25. The average molecular weight is 238 g/mol. The molecule has 1 unspecified atom stereocenters. The van der Waals surface area contributed by atoms with Gasteiger partial charge in [-0.15, -0.1) is 0 Å². The number of nitrogens with one attached hydrogen (secondary N) is 1. The van der Waals surface area contributed by atoms with E-state index in [0.717, 1.165) is 0 Å². The first-order valence-electron chi connectivity index (χ1n) is 4.86. The number of nitriles is 1. The van der Waals surface area contributed by atoms with E-state index in [1.165, 1.54) is 12.3 Å². The SMILES string of the molecule is CC(C)C(C#N)NC(=O)c1ccnc(Cl)c1. The highest BCUT2D eigenvalue weighted by molar-refractivity contribution is 6.29. The third-order valence-electron chi connectivity index (χ3n) is 2.08. The number of carbonyl (C=O) groups is 1. The van der Waals surface area contributed by atoms with Crippen LogP contribution in [0.1, 0.15) is 24.2 Å². The fraction of sp³-hybridized carbons (Fsp3) is 0.364. The second-order valence-corrected chi connectivity index (χ2v) is 4.08. The minimum absolute atomic E-state index is 0.0614. The summed E-state index contributed by atoms with van der Waals surface area (Å²) in [7, 11) is 0. The lowest BCUT2D eigenvalue weighted by Gasteiger charge is -2.14. The molecule has 0 bridgehead atoms. The summed E-state index contributed by atoms with van der Waals surface area (Å²) in [5, 5.41) is 11.7. The number of pyridine rings is 1. The molecule has 1 rings (SSSR count). The Morgan fingerprint density at radius 3 is 2.81 bits per heavy atom. The van der Waals surface area contributed by atoms with Gasteiger partial charge in [0.25, 0.3) is 5.91 Å². The molecule has 0 fully saturated rings. The Hall–Kier alpha value is -1.60. The van der Waals surface area contributed by atoms with Crippen LogP contribution in [-0.2, 0) is 0 Å². The molecule has 1 amide bonds. The highest BCUT2D eigenvalue weighted by Gasteiger charge is 2.16. The van der Waals surface area contributed by atoms with Crippen LogP contribution in [-0.4, -0.2) is 16.9 Å². The standard InChI is InChI=1S/C11H12ClN3O/c1-7(2)9(6-13)15-11(16)8-3-4-14-10(12)5-8/h3-5,7,9H,1-2H3,(H,15,16). The van der Waals surface area contributed by atoms with Gasteiger partial charge in [0.1, 0.15) is 11.2 Å². The molecule has 1 aromatic heterocycles. The van der Waals surface area contributed by atoms with Gasteiger partial charge in [0.15, 0.2) is 0 Å². The Morgan fingerprint density at radius 1 is 1.62 bits per heavy atom. The van der Waals surface area contributed by atoms with E-state index < -0.39 is 6.04 Å². The van der Waals surface area contributed by atoms with E-state index in [0.29, 0.717) is 5.56 Å². The van der Waals surface area contributed by atoms with Crippen molar-refractivity contribution >= 4 is 17.5 Å². The van der Waals surface area contributed by atoms with Crippen LogP contribution >= 0.6 is 11.6 Å². The minimum Gasteiger partial charge on any atom is -0.336 e. The smallest absolute Gasteiger partial charge is 0.252 e. The van der Waals surface area contributed by atoms with Crippen molar-refractivity contribution in [2.75, 3.05) is 0 Å².